The third kappa shape index (κ3) is 2.56. The Labute approximate surface area is 110 Å². The maximum absolute atomic E-state index is 12.0. The molecule has 0 amide bonds. The summed E-state index contributed by atoms with van der Waals surface area (Å²) < 4.78 is 24.8. The first-order valence-corrected chi connectivity index (χ1v) is 7.89. The zero-order valence-corrected chi connectivity index (χ0v) is 12.2. The van der Waals surface area contributed by atoms with Crippen molar-refractivity contribution in [1.29, 1.82) is 0 Å². The first-order valence-electron chi connectivity index (χ1n) is 5.44. The average molecular weight is 319 g/mol. The lowest BCUT2D eigenvalue weighted by atomic mass is 9.89. The number of aliphatic hydroxyl groups is 1. The Morgan fingerprint density at radius 1 is 1.47 bits per heavy atom. The number of benzene rings is 1. The molecule has 0 bridgehead atoms. The van der Waals surface area contributed by atoms with E-state index in [1.807, 2.05) is 6.07 Å². The van der Waals surface area contributed by atoms with Gasteiger partial charge in [0, 0.05) is 10.4 Å². The van der Waals surface area contributed by atoms with Crippen molar-refractivity contribution in [2.75, 3.05) is 5.75 Å². The molecule has 0 saturated carbocycles. The van der Waals surface area contributed by atoms with Crippen molar-refractivity contribution in [2.45, 2.75) is 36.7 Å². The van der Waals surface area contributed by atoms with E-state index < -0.39 is 15.4 Å². The van der Waals surface area contributed by atoms with Crippen LogP contribution in [0.1, 0.15) is 31.7 Å². The van der Waals surface area contributed by atoms with Gasteiger partial charge in [-0.25, -0.2) is 8.42 Å². The summed E-state index contributed by atoms with van der Waals surface area (Å²) in [6.45, 7) is 3.41. The predicted molar refractivity (Wildman–Crippen MR) is 69.9 cm³/mol. The van der Waals surface area contributed by atoms with E-state index in [0.717, 1.165) is 10.0 Å². The number of hydrogen-bond donors (Lipinski definition) is 1. The SMILES string of the molecule is CC(C)(O)CC1CS(=O)(=O)c2cccc(Br)c21. The highest BCUT2D eigenvalue weighted by Gasteiger charge is 2.38. The molecular weight excluding hydrogens is 304 g/mol. The van der Waals surface area contributed by atoms with Gasteiger partial charge in [-0.15, -0.1) is 0 Å². The number of sulfone groups is 1. The van der Waals surface area contributed by atoms with Gasteiger partial charge in [0.1, 0.15) is 0 Å². The highest BCUT2D eigenvalue weighted by atomic mass is 79.9. The zero-order valence-electron chi connectivity index (χ0n) is 9.77. The van der Waals surface area contributed by atoms with Gasteiger partial charge in [-0.1, -0.05) is 22.0 Å². The number of rotatable bonds is 2. The lowest BCUT2D eigenvalue weighted by Gasteiger charge is -2.22. The largest absolute Gasteiger partial charge is 0.390 e. The van der Waals surface area contributed by atoms with Gasteiger partial charge >= 0.3 is 0 Å². The molecule has 1 aliphatic heterocycles. The lowest BCUT2D eigenvalue weighted by Crippen LogP contribution is -2.23. The van der Waals surface area contributed by atoms with Crippen LogP contribution in [0.25, 0.3) is 0 Å². The number of fused-ring (bicyclic) bond motifs is 1. The van der Waals surface area contributed by atoms with Crippen molar-refractivity contribution >= 4 is 25.8 Å². The predicted octanol–water partition coefficient (Wildman–Crippen LogP) is 2.48. The van der Waals surface area contributed by atoms with Crippen LogP contribution in [-0.2, 0) is 9.84 Å². The van der Waals surface area contributed by atoms with Crippen molar-refractivity contribution < 1.29 is 13.5 Å². The van der Waals surface area contributed by atoms with E-state index in [9.17, 15) is 13.5 Å². The van der Waals surface area contributed by atoms with E-state index in [1.165, 1.54) is 0 Å². The summed E-state index contributed by atoms with van der Waals surface area (Å²) in [6.07, 6.45) is 0.446. The first kappa shape index (κ1) is 13.1. The third-order valence-corrected chi connectivity index (χ3v) is 5.48. The molecule has 0 aliphatic carbocycles. The van der Waals surface area contributed by atoms with E-state index >= 15 is 0 Å². The van der Waals surface area contributed by atoms with Gasteiger partial charge in [0.05, 0.1) is 16.2 Å². The van der Waals surface area contributed by atoms with Gasteiger partial charge < -0.3 is 5.11 Å². The number of hydrogen-bond acceptors (Lipinski definition) is 3. The fraction of sp³-hybridized carbons (Fsp3) is 0.500. The Hall–Kier alpha value is -0.390. The van der Waals surface area contributed by atoms with Crippen molar-refractivity contribution in [3.8, 4) is 0 Å². The molecule has 0 spiro atoms. The molecule has 1 N–H and O–H groups in total. The van der Waals surface area contributed by atoms with Crippen LogP contribution in [0.3, 0.4) is 0 Å². The minimum atomic E-state index is -3.19. The summed E-state index contributed by atoms with van der Waals surface area (Å²) in [7, 11) is -3.19. The van der Waals surface area contributed by atoms with Crippen molar-refractivity contribution in [3.63, 3.8) is 0 Å². The minimum Gasteiger partial charge on any atom is -0.390 e. The van der Waals surface area contributed by atoms with Gasteiger partial charge in [-0.2, -0.15) is 0 Å². The summed E-state index contributed by atoms with van der Waals surface area (Å²) in [6, 6.07) is 5.21. The molecule has 1 unspecified atom stereocenters. The molecule has 5 heteroatoms. The van der Waals surface area contributed by atoms with E-state index in [-0.39, 0.29) is 11.7 Å². The normalized spacial score (nSPS) is 22.5. The maximum Gasteiger partial charge on any atom is 0.179 e. The molecule has 0 aromatic heterocycles. The average Bonchev–Trinajstić information content (AvgIpc) is 2.36. The van der Waals surface area contributed by atoms with E-state index in [0.29, 0.717) is 11.3 Å². The molecule has 1 aliphatic rings. The van der Waals surface area contributed by atoms with Crippen LogP contribution in [-0.4, -0.2) is 24.9 Å². The van der Waals surface area contributed by atoms with E-state index in [1.54, 1.807) is 26.0 Å². The Bertz CT molecular complexity index is 543. The van der Waals surface area contributed by atoms with Gasteiger partial charge in [0.15, 0.2) is 9.84 Å². The summed E-state index contributed by atoms with van der Waals surface area (Å²) >= 11 is 3.40. The van der Waals surface area contributed by atoms with Gasteiger partial charge in [0.2, 0.25) is 0 Å². The van der Waals surface area contributed by atoms with Crippen LogP contribution in [0.4, 0.5) is 0 Å². The molecule has 0 saturated heterocycles. The molecule has 0 fully saturated rings. The van der Waals surface area contributed by atoms with Crippen LogP contribution in [0.2, 0.25) is 0 Å². The molecular formula is C12H15BrO3S. The molecule has 1 atom stereocenters. The van der Waals surface area contributed by atoms with Crippen molar-refractivity contribution in [3.05, 3.63) is 28.2 Å². The van der Waals surface area contributed by atoms with Crippen LogP contribution in [0.5, 0.6) is 0 Å². The monoisotopic (exact) mass is 318 g/mol. The second-order valence-electron chi connectivity index (χ2n) is 5.15. The maximum atomic E-state index is 12.0. The number of halogens is 1. The smallest absolute Gasteiger partial charge is 0.179 e. The van der Waals surface area contributed by atoms with Crippen molar-refractivity contribution in [1.82, 2.24) is 0 Å². The molecule has 0 radical (unpaired) electrons. The standard InChI is InChI=1S/C12H15BrO3S/c1-12(2,14)6-8-7-17(15,16)10-5-3-4-9(13)11(8)10/h3-5,8,14H,6-7H2,1-2H3. The summed E-state index contributed by atoms with van der Waals surface area (Å²) in [4.78, 5) is 0.404. The summed E-state index contributed by atoms with van der Waals surface area (Å²) in [5.74, 6) is -0.0415. The molecule has 17 heavy (non-hydrogen) atoms. The van der Waals surface area contributed by atoms with Crippen molar-refractivity contribution in [2.24, 2.45) is 0 Å². The Morgan fingerprint density at radius 3 is 2.71 bits per heavy atom. The highest BCUT2D eigenvalue weighted by Crippen LogP contribution is 2.42. The van der Waals surface area contributed by atoms with Crippen LogP contribution < -0.4 is 0 Å². The quantitative estimate of drug-likeness (QED) is 0.911. The topological polar surface area (TPSA) is 54.4 Å². The molecule has 1 aromatic rings. The van der Waals surface area contributed by atoms with Gasteiger partial charge in [-0.3, -0.25) is 0 Å². The van der Waals surface area contributed by atoms with Gasteiger partial charge in [-0.05, 0) is 38.0 Å². The zero-order chi connectivity index (χ0) is 12.8. The fourth-order valence-electron chi connectivity index (χ4n) is 2.39. The van der Waals surface area contributed by atoms with Gasteiger partial charge in [0.25, 0.3) is 0 Å². The van der Waals surface area contributed by atoms with Crippen LogP contribution in [0.15, 0.2) is 27.6 Å². The fourth-order valence-corrected chi connectivity index (χ4v) is 5.10. The first-order chi connectivity index (χ1) is 7.71. The second-order valence-corrected chi connectivity index (χ2v) is 8.00. The van der Waals surface area contributed by atoms with E-state index in [2.05, 4.69) is 15.9 Å². The Morgan fingerprint density at radius 2 is 2.12 bits per heavy atom. The van der Waals surface area contributed by atoms with Crippen LogP contribution in [0, 0.1) is 0 Å². The van der Waals surface area contributed by atoms with E-state index in [4.69, 9.17) is 0 Å². The molecule has 1 heterocycles. The third-order valence-electron chi connectivity index (χ3n) is 2.92. The minimum absolute atomic E-state index is 0.0922. The molecule has 1 aromatic carbocycles. The summed E-state index contributed by atoms with van der Waals surface area (Å²) in [5.41, 5.74) is -0.0495. The Kier molecular flexibility index (Phi) is 3.13. The Balaban J connectivity index is 2.51. The summed E-state index contributed by atoms with van der Waals surface area (Å²) in [5, 5.41) is 9.85. The molecule has 94 valence electrons. The lowest BCUT2D eigenvalue weighted by molar-refractivity contribution is 0.0651. The highest BCUT2D eigenvalue weighted by molar-refractivity contribution is 9.10. The van der Waals surface area contributed by atoms with Crippen LogP contribution >= 0.6 is 15.9 Å². The molecule has 3 nitrogen and oxygen atoms in total. The molecule has 2 rings (SSSR count). The second kappa shape index (κ2) is 4.07.